The van der Waals surface area contributed by atoms with Crippen LogP contribution in [-0.4, -0.2) is 12.2 Å². The second-order valence-electron chi connectivity index (χ2n) is 3.95. The highest BCUT2D eigenvalue weighted by Crippen LogP contribution is 2.32. The van der Waals surface area contributed by atoms with Crippen LogP contribution >= 0.6 is 22.6 Å². The first-order valence-corrected chi connectivity index (χ1v) is 6.57. The Bertz CT molecular complexity index is 602. The fourth-order valence-corrected chi connectivity index (χ4v) is 2.58. The normalized spacial score (nSPS) is 12.3. The minimum Gasteiger partial charge on any atom is -0.496 e. The highest BCUT2D eigenvalue weighted by Gasteiger charge is 2.19. The lowest BCUT2D eigenvalue weighted by Gasteiger charge is -2.16. The summed E-state index contributed by atoms with van der Waals surface area (Å²) in [5, 5.41) is 10.3. The molecule has 0 aliphatic rings. The van der Waals surface area contributed by atoms with Gasteiger partial charge >= 0.3 is 0 Å². The number of hydrogen-bond acceptors (Lipinski definition) is 2. The molecule has 2 aromatic rings. The molecule has 0 heterocycles. The third-order valence-corrected chi connectivity index (χ3v) is 3.68. The van der Waals surface area contributed by atoms with Crippen LogP contribution in [-0.2, 0) is 0 Å². The van der Waals surface area contributed by atoms with E-state index in [-0.39, 0.29) is 5.82 Å². The van der Waals surface area contributed by atoms with Crippen LogP contribution in [0.3, 0.4) is 0 Å². The molecule has 0 saturated carbocycles. The molecule has 100 valence electrons. The minimum atomic E-state index is -1.07. The number of aliphatic hydroxyl groups excluding tert-OH is 1. The lowest BCUT2D eigenvalue weighted by molar-refractivity contribution is 0.213. The first kappa shape index (κ1) is 14.2. The van der Waals surface area contributed by atoms with E-state index in [1.165, 1.54) is 43.5 Å². The molecule has 2 rings (SSSR count). The maximum Gasteiger partial charge on any atom is 0.125 e. The fourth-order valence-electron chi connectivity index (χ4n) is 1.81. The van der Waals surface area contributed by atoms with Crippen LogP contribution in [0.15, 0.2) is 36.4 Å². The van der Waals surface area contributed by atoms with E-state index in [9.17, 15) is 13.9 Å². The van der Waals surface area contributed by atoms with Gasteiger partial charge in [-0.1, -0.05) is 6.07 Å². The molecule has 19 heavy (non-hydrogen) atoms. The van der Waals surface area contributed by atoms with Gasteiger partial charge in [0.1, 0.15) is 23.5 Å². The SMILES string of the molecule is COc1ccc(F)cc1C(O)c1ccc(F)cc1I. The molecule has 2 aromatic carbocycles. The fraction of sp³-hybridized carbons (Fsp3) is 0.143. The summed E-state index contributed by atoms with van der Waals surface area (Å²) in [6.07, 6.45) is -1.07. The van der Waals surface area contributed by atoms with E-state index in [4.69, 9.17) is 4.74 Å². The van der Waals surface area contributed by atoms with Crippen LogP contribution in [0.4, 0.5) is 8.78 Å². The summed E-state index contributed by atoms with van der Waals surface area (Å²) in [5.41, 5.74) is 0.818. The minimum absolute atomic E-state index is 0.312. The van der Waals surface area contributed by atoms with Gasteiger partial charge in [0.2, 0.25) is 0 Å². The van der Waals surface area contributed by atoms with Crippen molar-refractivity contribution in [3.63, 3.8) is 0 Å². The summed E-state index contributed by atoms with van der Waals surface area (Å²) in [6.45, 7) is 0. The smallest absolute Gasteiger partial charge is 0.125 e. The van der Waals surface area contributed by atoms with Crippen LogP contribution in [0, 0.1) is 15.2 Å². The number of rotatable bonds is 3. The number of benzene rings is 2. The Hall–Kier alpha value is -1.21. The van der Waals surface area contributed by atoms with Gasteiger partial charge in [0.05, 0.1) is 7.11 Å². The molecular formula is C14H11F2IO2. The summed E-state index contributed by atoms with van der Waals surface area (Å²) < 4.78 is 32.0. The van der Waals surface area contributed by atoms with Crippen molar-refractivity contribution in [3.8, 4) is 5.75 Å². The van der Waals surface area contributed by atoms with Crippen molar-refractivity contribution in [2.24, 2.45) is 0 Å². The van der Waals surface area contributed by atoms with Crippen LogP contribution in [0.5, 0.6) is 5.75 Å². The standard InChI is InChI=1S/C14H11F2IO2/c1-19-13-5-3-8(15)6-11(13)14(18)10-4-2-9(16)7-12(10)17/h2-7,14,18H,1H3. The zero-order chi connectivity index (χ0) is 14.0. The molecule has 0 aromatic heterocycles. The van der Waals surface area contributed by atoms with E-state index in [0.717, 1.165) is 0 Å². The second kappa shape index (κ2) is 5.83. The number of hydrogen-bond donors (Lipinski definition) is 1. The van der Waals surface area contributed by atoms with Gasteiger partial charge in [-0.15, -0.1) is 0 Å². The number of methoxy groups -OCH3 is 1. The topological polar surface area (TPSA) is 29.5 Å². The Balaban J connectivity index is 2.49. The average molecular weight is 376 g/mol. The molecule has 0 amide bonds. The van der Waals surface area contributed by atoms with Gasteiger partial charge in [-0.2, -0.15) is 0 Å². The summed E-state index contributed by atoms with van der Waals surface area (Å²) in [4.78, 5) is 0. The first-order valence-electron chi connectivity index (χ1n) is 5.49. The molecule has 0 aliphatic carbocycles. The Morgan fingerprint density at radius 1 is 1.05 bits per heavy atom. The van der Waals surface area contributed by atoms with Crippen molar-refractivity contribution in [1.29, 1.82) is 0 Å². The van der Waals surface area contributed by atoms with E-state index in [2.05, 4.69) is 0 Å². The van der Waals surface area contributed by atoms with Crippen molar-refractivity contribution < 1.29 is 18.6 Å². The van der Waals surface area contributed by atoms with Gasteiger partial charge in [0.15, 0.2) is 0 Å². The predicted octanol–water partition coefficient (Wildman–Crippen LogP) is 3.66. The van der Waals surface area contributed by atoms with E-state index in [1.54, 1.807) is 0 Å². The third-order valence-electron chi connectivity index (χ3n) is 2.74. The van der Waals surface area contributed by atoms with Crippen LogP contribution < -0.4 is 4.74 Å². The van der Waals surface area contributed by atoms with Gasteiger partial charge in [-0.25, -0.2) is 8.78 Å². The highest BCUT2D eigenvalue weighted by atomic mass is 127. The molecule has 0 bridgehead atoms. The van der Waals surface area contributed by atoms with Gasteiger partial charge in [-0.05, 0) is 58.5 Å². The predicted molar refractivity (Wildman–Crippen MR) is 76.1 cm³/mol. The third kappa shape index (κ3) is 3.03. The van der Waals surface area contributed by atoms with E-state index in [0.29, 0.717) is 20.4 Å². The lowest BCUT2D eigenvalue weighted by Crippen LogP contribution is -2.05. The largest absolute Gasteiger partial charge is 0.496 e. The monoisotopic (exact) mass is 376 g/mol. The van der Waals surface area contributed by atoms with Gasteiger partial charge in [0.25, 0.3) is 0 Å². The second-order valence-corrected chi connectivity index (χ2v) is 5.12. The molecule has 1 unspecified atom stereocenters. The van der Waals surface area contributed by atoms with Crippen LogP contribution in [0.2, 0.25) is 0 Å². The molecule has 0 fully saturated rings. The number of aliphatic hydroxyl groups is 1. The van der Waals surface area contributed by atoms with Crippen molar-refractivity contribution in [1.82, 2.24) is 0 Å². The maximum absolute atomic E-state index is 13.3. The van der Waals surface area contributed by atoms with Gasteiger partial charge in [0, 0.05) is 9.13 Å². The molecule has 5 heteroatoms. The molecule has 1 atom stereocenters. The van der Waals surface area contributed by atoms with Crippen molar-refractivity contribution >= 4 is 22.6 Å². The summed E-state index contributed by atoms with van der Waals surface area (Å²) >= 11 is 1.93. The van der Waals surface area contributed by atoms with Gasteiger partial charge in [-0.3, -0.25) is 0 Å². The van der Waals surface area contributed by atoms with Crippen molar-refractivity contribution in [2.75, 3.05) is 7.11 Å². The zero-order valence-corrected chi connectivity index (χ0v) is 12.2. The highest BCUT2D eigenvalue weighted by molar-refractivity contribution is 14.1. The average Bonchev–Trinajstić information content (AvgIpc) is 2.38. The molecule has 0 aliphatic heterocycles. The molecule has 1 N–H and O–H groups in total. The number of ether oxygens (including phenoxy) is 1. The lowest BCUT2D eigenvalue weighted by atomic mass is 10.0. The Kier molecular flexibility index (Phi) is 4.36. The molecule has 2 nitrogen and oxygen atoms in total. The molecular weight excluding hydrogens is 365 g/mol. The van der Waals surface area contributed by atoms with E-state index >= 15 is 0 Å². The van der Waals surface area contributed by atoms with Crippen LogP contribution in [0.25, 0.3) is 0 Å². The van der Waals surface area contributed by atoms with Crippen molar-refractivity contribution in [2.45, 2.75) is 6.10 Å². The van der Waals surface area contributed by atoms with E-state index in [1.807, 2.05) is 22.6 Å². The van der Waals surface area contributed by atoms with Crippen LogP contribution in [0.1, 0.15) is 17.2 Å². The Morgan fingerprint density at radius 3 is 2.32 bits per heavy atom. The maximum atomic E-state index is 13.3. The quantitative estimate of drug-likeness (QED) is 0.829. The summed E-state index contributed by atoms with van der Waals surface area (Å²) in [6, 6.07) is 7.96. The van der Waals surface area contributed by atoms with E-state index < -0.39 is 11.9 Å². The van der Waals surface area contributed by atoms with Gasteiger partial charge < -0.3 is 9.84 Å². The molecule has 0 radical (unpaired) electrons. The number of halogens is 3. The van der Waals surface area contributed by atoms with Crippen molar-refractivity contribution in [3.05, 3.63) is 62.7 Å². The molecule has 0 spiro atoms. The Morgan fingerprint density at radius 2 is 1.68 bits per heavy atom. The molecule has 0 saturated heterocycles. The zero-order valence-electron chi connectivity index (χ0n) is 10.0. The summed E-state index contributed by atoms with van der Waals surface area (Å²) in [7, 11) is 1.44. The summed E-state index contributed by atoms with van der Waals surface area (Å²) in [5.74, 6) is -0.465. The first-order chi connectivity index (χ1) is 9.02. The Labute approximate surface area is 123 Å².